The van der Waals surface area contributed by atoms with Gasteiger partial charge in [0.15, 0.2) is 6.29 Å². The Kier molecular flexibility index (Phi) is 10.1. The van der Waals surface area contributed by atoms with Crippen LogP contribution in [0.2, 0.25) is 0 Å². The van der Waals surface area contributed by atoms with Crippen LogP contribution >= 0.6 is 0 Å². The molecule has 0 unspecified atom stereocenters. The summed E-state index contributed by atoms with van der Waals surface area (Å²) in [7, 11) is 0. The molecule has 1 aliphatic heterocycles. The predicted octanol–water partition coefficient (Wildman–Crippen LogP) is 6.56. The van der Waals surface area contributed by atoms with Crippen LogP contribution in [0.3, 0.4) is 0 Å². The summed E-state index contributed by atoms with van der Waals surface area (Å²) in [5.41, 5.74) is 7.68. The van der Waals surface area contributed by atoms with E-state index in [1.54, 1.807) is 0 Å². The number of benzene rings is 4. The van der Waals surface area contributed by atoms with Gasteiger partial charge in [0.1, 0.15) is 0 Å². The lowest BCUT2D eigenvalue weighted by atomic mass is 9.90. The van der Waals surface area contributed by atoms with Gasteiger partial charge < -0.3 is 29.6 Å². The van der Waals surface area contributed by atoms with E-state index in [9.17, 15) is 14.7 Å². The van der Waals surface area contributed by atoms with Crippen molar-refractivity contribution in [1.82, 2.24) is 14.9 Å². The number of carboxylic acid groups (broad SMARTS) is 1. The molecular formula is C38H39N3O6. The zero-order valence-electron chi connectivity index (χ0n) is 26.3. The average Bonchev–Trinajstić information content (AvgIpc) is 3.51. The number of imidazole rings is 1. The van der Waals surface area contributed by atoms with Crippen molar-refractivity contribution in [3.63, 3.8) is 0 Å². The number of aliphatic carboxylic acids is 1. The number of carbonyl (C=O) groups is 2. The highest BCUT2D eigenvalue weighted by Crippen LogP contribution is 2.43. The molecule has 5 aromatic rings. The molecule has 6 rings (SSSR count). The van der Waals surface area contributed by atoms with Gasteiger partial charge in [-0.05, 0) is 58.5 Å². The largest absolute Gasteiger partial charge is 0.481 e. The number of nitrogens with one attached hydrogen (secondary N) is 1. The van der Waals surface area contributed by atoms with Crippen molar-refractivity contribution in [2.45, 2.75) is 64.4 Å². The van der Waals surface area contributed by atoms with E-state index in [2.05, 4.69) is 33.9 Å². The van der Waals surface area contributed by atoms with E-state index < -0.39 is 12.3 Å². The Hall–Kier alpha value is -4.83. The fraction of sp³-hybridized carbons (Fsp3) is 0.289. The van der Waals surface area contributed by atoms with Crippen LogP contribution in [-0.4, -0.2) is 37.7 Å². The highest BCUT2D eigenvalue weighted by molar-refractivity contribution is 5.77. The number of ether oxygens (including phenoxy) is 2. The molecule has 0 spiro atoms. The minimum absolute atomic E-state index is 0.0173. The van der Waals surface area contributed by atoms with E-state index >= 15 is 0 Å². The molecule has 1 saturated heterocycles. The first-order valence-electron chi connectivity index (χ1n) is 16.0. The van der Waals surface area contributed by atoms with Gasteiger partial charge >= 0.3 is 5.97 Å². The summed E-state index contributed by atoms with van der Waals surface area (Å²) in [6.07, 6.45) is 1.28. The monoisotopic (exact) mass is 633 g/mol. The van der Waals surface area contributed by atoms with Crippen molar-refractivity contribution in [3.05, 3.63) is 126 Å². The number of rotatable bonds is 12. The first-order valence-corrected chi connectivity index (χ1v) is 16.0. The summed E-state index contributed by atoms with van der Waals surface area (Å²) in [6.45, 7) is 3.10. The molecule has 4 atom stereocenters. The molecule has 9 nitrogen and oxygen atoms in total. The van der Waals surface area contributed by atoms with Gasteiger partial charge in [-0.1, -0.05) is 79.7 Å². The van der Waals surface area contributed by atoms with Gasteiger partial charge in [-0.2, -0.15) is 0 Å². The summed E-state index contributed by atoms with van der Waals surface area (Å²) in [4.78, 5) is 27.5. The molecule has 0 radical (unpaired) electrons. The van der Waals surface area contributed by atoms with Crippen LogP contribution in [0.5, 0.6) is 0 Å². The standard InChI is InChI=1S/C38H39N3O6/c1-25-34(22-41-24-40-32-11-2-3-12-33(32)41)46-38(47-37(25)28-17-15-26(23-42)16-18-28)31-10-5-9-30(20-31)29-8-4-7-27(19-29)21-39-35(43)13-6-14-36(44)45/h2-5,7-12,15-20,24-25,34,37-38,42H,6,13-14,21-23H2,1H3,(H,39,43)(H,44,45)/t25-,34+,37+,38+/m0/s1. The topological polar surface area (TPSA) is 123 Å². The summed E-state index contributed by atoms with van der Waals surface area (Å²) in [5.74, 6) is -1.05. The second-order valence-electron chi connectivity index (χ2n) is 12.1. The number of aromatic nitrogens is 2. The molecule has 47 heavy (non-hydrogen) atoms. The number of nitrogens with zero attached hydrogens (tertiary/aromatic N) is 2. The minimum atomic E-state index is -0.902. The SMILES string of the molecule is C[C@H]1[C@@H](Cn2cnc3ccccc32)O[C@@H](c2cccc(-c3cccc(CNC(=O)CCCC(=O)O)c3)c2)O[C@H]1c1ccc(CO)cc1. The number of aliphatic hydroxyl groups is 1. The Morgan fingerprint density at radius 1 is 0.851 bits per heavy atom. The van der Waals surface area contributed by atoms with Crippen LogP contribution in [0, 0.1) is 5.92 Å². The molecular weight excluding hydrogens is 594 g/mol. The molecule has 0 bridgehead atoms. The second-order valence-corrected chi connectivity index (χ2v) is 12.1. The van der Waals surface area contributed by atoms with Crippen molar-refractivity contribution in [3.8, 4) is 11.1 Å². The molecule has 1 fully saturated rings. The van der Waals surface area contributed by atoms with E-state index in [0.29, 0.717) is 19.5 Å². The fourth-order valence-corrected chi connectivity index (χ4v) is 6.09. The van der Waals surface area contributed by atoms with E-state index in [4.69, 9.17) is 14.6 Å². The number of amides is 1. The Balaban J connectivity index is 1.23. The van der Waals surface area contributed by atoms with Gasteiger partial charge in [0.2, 0.25) is 5.91 Å². The summed E-state index contributed by atoms with van der Waals surface area (Å²) >= 11 is 0. The van der Waals surface area contributed by atoms with E-state index in [1.165, 1.54) is 0 Å². The number of hydrogen-bond acceptors (Lipinski definition) is 6. The van der Waals surface area contributed by atoms with Crippen LogP contribution in [0.4, 0.5) is 0 Å². The van der Waals surface area contributed by atoms with E-state index in [0.717, 1.165) is 44.4 Å². The number of para-hydroxylation sites is 2. The third-order valence-corrected chi connectivity index (χ3v) is 8.73. The quantitative estimate of drug-likeness (QED) is 0.142. The van der Waals surface area contributed by atoms with Crippen molar-refractivity contribution < 1.29 is 29.3 Å². The average molecular weight is 634 g/mol. The third-order valence-electron chi connectivity index (χ3n) is 8.73. The number of aliphatic hydroxyl groups excluding tert-OH is 1. The van der Waals surface area contributed by atoms with Gasteiger partial charge in [-0.15, -0.1) is 0 Å². The van der Waals surface area contributed by atoms with Gasteiger partial charge in [-0.25, -0.2) is 4.98 Å². The van der Waals surface area contributed by atoms with Crippen LogP contribution in [-0.2, 0) is 38.8 Å². The predicted molar refractivity (Wildman–Crippen MR) is 178 cm³/mol. The lowest BCUT2D eigenvalue weighted by Gasteiger charge is -2.41. The highest BCUT2D eigenvalue weighted by atomic mass is 16.7. The minimum Gasteiger partial charge on any atom is -0.481 e. The molecule has 9 heteroatoms. The summed E-state index contributed by atoms with van der Waals surface area (Å²) in [5, 5.41) is 21.3. The molecule has 242 valence electrons. The lowest BCUT2D eigenvalue weighted by molar-refractivity contribution is -0.276. The lowest BCUT2D eigenvalue weighted by Crippen LogP contribution is -2.39. The van der Waals surface area contributed by atoms with Gasteiger partial charge in [0, 0.05) is 30.9 Å². The fourth-order valence-electron chi connectivity index (χ4n) is 6.09. The van der Waals surface area contributed by atoms with Crippen LogP contribution in [0.15, 0.2) is 103 Å². The first kappa shape index (κ1) is 32.1. The van der Waals surface area contributed by atoms with E-state index in [-0.39, 0.29) is 43.5 Å². The van der Waals surface area contributed by atoms with E-state index in [1.807, 2.05) is 91.3 Å². The Morgan fingerprint density at radius 3 is 2.40 bits per heavy atom. The van der Waals surface area contributed by atoms with Crippen molar-refractivity contribution in [2.24, 2.45) is 5.92 Å². The summed E-state index contributed by atoms with van der Waals surface area (Å²) in [6, 6.07) is 32.1. The molecule has 1 aliphatic rings. The Morgan fingerprint density at radius 2 is 1.62 bits per heavy atom. The number of hydrogen-bond donors (Lipinski definition) is 3. The van der Waals surface area contributed by atoms with Crippen molar-refractivity contribution >= 4 is 22.9 Å². The Labute approximate surface area is 273 Å². The molecule has 0 aliphatic carbocycles. The zero-order valence-corrected chi connectivity index (χ0v) is 26.3. The highest BCUT2D eigenvalue weighted by Gasteiger charge is 2.38. The maximum absolute atomic E-state index is 12.2. The number of fused-ring (bicyclic) bond motifs is 1. The number of carbonyl (C=O) groups excluding carboxylic acids is 1. The maximum Gasteiger partial charge on any atom is 0.303 e. The molecule has 0 saturated carbocycles. The van der Waals surface area contributed by atoms with Gasteiger partial charge in [0.05, 0.1) is 42.7 Å². The van der Waals surface area contributed by atoms with Crippen molar-refractivity contribution in [2.75, 3.05) is 0 Å². The molecule has 3 N–H and O–H groups in total. The van der Waals surface area contributed by atoms with Crippen molar-refractivity contribution in [1.29, 1.82) is 0 Å². The molecule has 2 heterocycles. The summed E-state index contributed by atoms with van der Waals surface area (Å²) < 4.78 is 15.6. The van der Waals surface area contributed by atoms with Gasteiger partial charge in [0.25, 0.3) is 0 Å². The first-order chi connectivity index (χ1) is 22.9. The maximum atomic E-state index is 12.2. The molecule has 4 aromatic carbocycles. The van der Waals surface area contributed by atoms with Gasteiger partial charge in [-0.3, -0.25) is 9.59 Å². The number of carboxylic acids is 1. The third kappa shape index (κ3) is 7.77. The van der Waals surface area contributed by atoms with Crippen LogP contribution in [0.25, 0.3) is 22.2 Å². The zero-order chi connectivity index (χ0) is 32.8. The second kappa shape index (κ2) is 14.7. The normalized spacial score (nSPS) is 19.4. The Bertz CT molecular complexity index is 1840. The molecule has 1 amide bonds. The smallest absolute Gasteiger partial charge is 0.303 e. The van der Waals surface area contributed by atoms with Crippen LogP contribution in [0.1, 0.15) is 60.8 Å². The molecule has 1 aromatic heterocycles. The van der Waals surface area contributed by atoms with Crippen LogP contribution < -0.4 is 5.32 Å².